The number of para-hydroxylation sites is 1. The first-order valence-corrected chi connectivity index (χ1v) is 6.48. The van der Waals surface area contributed by atoms with E-state index < -0.39 is 5.91 Å². The first-order chi connectivity index (χ1) is 9.99. The Labute approximate surface area is 126 Å². The van der Waals surface area contributed by atoms with E-state index in [0.29, 0.717) is 16.3 Å². The molecule has 0 aliphatic carbocycles. The van der Waals surface area contributed by atoms with Crippen LogP contribution in [0.4, 0.5) is 0 Å². The van der Waals surface area contributed by atoms with Crippen molar-refractivity contribution in [1.82, 2.24) is 5.43 Å². The molecule has 21 heavy (non-hydrogen) atoms. The van der Waals surface area contributed by atoms with Crippen molar-refractivity contribution in [3.05, 3.63) is 58.6 Å². The molecule has 0 fully saturated rings. The molecule has 1 amide bonds. The van der Waals surface area contributed by atoms with Crippen LogP contribution in [0.25, 0.3) is 0 Å². The van der Waals surface area contributed by atoms with E-state index in [9.17, 15) is 15.0 Å². The molecular formula is C15H13ClN2O3. The third-order valence-corrected chi connectivity index (χ3v) is 3.06. The molecule has 2 rings (SSSR count). The number of amides is 1. The number of nitrogens with zero attached hydrogens (tertiary/aromatic N) is 1. The lowest BCUT2D eigenvalue weighted by Crippen LogP contribution is -2.19. The average molecular weight is 305 g/mol. The normalized spacial score (nSPS) is 11.2. The lowest BCUT2D eigenvalue weighted by atomic mass is 10.1. The van der Waals surface area contributed by atoms with Gasteiger partial charge in [-0.1, -0.05) is 23.7 Å². The first kappa shape index (κ1) is 14.9. The second kappa shape index (κ2) is 6.28. The van der Waals surface area contributed by atoms with Crippen molar-refractivity contribution in [2.45, 2.75) is 6.92 Å². The van der Waals surface area contributed by atoms with Crippen LogP contribution in [0.15, 0.2) is 47.6 Å². The van der Waals surface area contributed by atoms with E-state index in [1.54, 1.807) is 31.2 Å². The molecule has 0 unspecified atom stereocenters. The van der Waals surface area contributed by atoms with Gasteiger partial charge in [0.1, 0.15) is 11.5 Å². The van der Waals surface area contributed by atoms with Crippen molar-refractivity contribution >= 4 is 23.2 Å². The molecule has 0 saturated heterocycles. The summed E-state index contributed by atoms with van der Waals surface area (Å²) in [6.45, 7) is 1.62. The van der Waals surface area contributed by atoms with Crippen LogP contribution >= 0.6 is 11.6 Å². The second-order valence-corrected chi connectivity index (χ2v) is 4.75. The molecule has 0 atom stereocenters. The van der Waals surface area contributed by atoms with E-state index in [1.165, 1.54) is 18.2 Å². The van der Waals surface area contributed by atoms with Gasteiger partial charge in [-0.05, 0) is 37.3 Å². The summed E-state index contributed by atoms with van der Waals surface area (Å²) in [7, 11) is 0. The maximum atomic E-state index is 11.9. The fraction of sp³-hybridized carbons (Fsp3) is 0.0667. The smallest absolute Gasteiger partial charge is 0.275 e. The molecule has 0 radical (unpaired) electrons. The summed E-state index contributed by atoms with van der Waals surface area (Å²) in [5.41, 5.74) is 3.24. The summed E-state index contributed by atoms with van der Waals surface area (Å²) in [4.78, 5) is 11.9. The van der Waals surface area contributed by atoms with Gasteiger partial charge in [-0.3, -0.25) is 4.79 Å². The second-order valence-electron chi connectivity index (χ2n) is 4.32. The van der Waals surface area contributed by atoms with Crippen LogP contribution in [0.5, 0.6) is 11.5 Å². The van der Waals surface area contributed by atoms with Crippen molar-refractivity contribution in [2.24, 2.45) is 5.10 Å². The predicted molar refractivity (Wildman–Crippen MR) is 80.9 cm³/mol. The lowest BCUT2D eigenvalue weighted by molar-refractivity contribution is 0.0952. The van der Waals surface area contributed by atoms with Crippen LogP contribution in [0.1, 0.15) is 22.8 Å². The number of rotatable bonds is 3. The highest BCUT2D eigenvalue weighted by Crippen LogP contribution is 2.22. The molecule has 2 aromatic rings. The Kier molecular flexibility index (Phi) is 4.45. The Balaban J connectivity index is 2.19. The van der Waals surface area contributed by atoms with Crippen LogP contribution in [0.2, 0.25) is 5.02 Å². The van der Waals surface area contributed by atoms with Gasteiger partial charge >= 0.3 is 0 Å². The Bertz CT molecular complexity index is 714. The van der Waals surface area contributed by atoms with E-state index in [-0.39, 0.29) is 17.1 Å². The number of nitrogens with one attached hydrogen (secondary N) is 1. The fourth-order valence-electron chi connectivity index (χ4n) is 1.72. The number of phenols is 2. The number of hydrogen-bond acceptors (Lipinski definition) is 4. The highest BCUT2D eigenvalue weighted by atomic mass is 35.5. The minimum absolute atomic E-state index is 0.0115. The Hall–Kier alpha value is -2.53. The molecule has 3 N–H and O–H groups in total. The quantitative estimate of drug-likeness (QED) is 0.602. The highest BCUT2D eigenvalue weighted by molar-refractivity contribution is 6.31. The minimum atomic E-state index is -0.547. The van der Waals surface area contributed by atoms with Gasteiger partial charge in [0, 0.05) is 10.6 Å². The minimum Gasteiger partial charge on any atom is -0.507 e. The summed E-state index contributed by atoms with van der Waals surface area (Å²) in [6.07, 6.45) is 0. The Morgan fingerprint density at radius 2 is 1.76 bits per heavy atom. The third kappa shape index (κ3) is 3.52. The van der Waals surface area contributed by atoms with Crippen molar-refractivity contribution in [2.75, 3.05) is 0 Å². The number of hydrogen-bond donors (Lipinski definition) is 3. The number of carbonyl (C=O) groups excluding carboxylic acids is 1. The van der Waals surface area contributed by atoms with E-state index in [2.05, 4.69) is 10.5 Å². The van der Waals surface area contributed by atoms with Gasteiger partial charge in [0.05, 0.1) is 11.3 Å². The first-order valence-electron chi connectivity index (χ1n) is 6.10. The number of halogens is 1. The zero-order valence-electron chi connectivity index (χ0n) is 11.2. The van der Waals surface area contributed by atoms with Gasteiger partial charge in [0.15, 0.2) is 0 Å². The molecule has 0 bridgehead atoms. The monoisotopic (exact) mass is 304 g/mol. The summed E-state index contributed by atoms with van der Waals surface area (Å²) in [5.74, 6) is -0.667. The third-order valence-electron chi connectivity index (χ3n) is 2.82. The van der Waals surface area contributed by atoms with E-state index >= 15 is 0 Å². The number of hydrazone groups is 1. The number of carbonyl (C=O) groups is 1. The van der Waals surface area contributed by atoms with E-state index in [1.807, 2.05) is 0 Å². The lowest BCUT2D eigenvalue weighted by Gasteiger charge is -2.06. The maximum Gasteiger partial charge on any atom is 0.275 e. The Morgan fingerprint density at radius 3 is 2.48 bits per heavy atom. The van der Waals surface area contributed by atoms with Crippen LogP contribution < -0.4 is 5.43 Å². The summed E-state index contributed by atoms with van der Waals surface area (Å²) in [5, 5.41) is 23.7. The van der Waals surface area contributed by atoms with Crippen LogP contribution in [-0.2, 0) is 0 Å². The molecular weight excluding hydrogens is 292 g/mol. The van der Waals surface area contributed by atoms with Crippen LogP contribution in [0, 0.1) is 0 Å². The average Bonchev–Trinajstić information content (AvgIpc) is 2.47. The van der Waals surface area contributed by atoms with Crippen molar-refractivity contribution < 1.29 is 15.0 Å². The molecule has 6 heteroatoms. The Morgan fingerprint density at radius 1 is 1.10 bits per heavy atom. The zero-order valence-corrected chi connectivity index (χ0v) is 11.9. The molecule has 2 aromatic carbocycles. The topological polar surface area (TPSA) is 81.9 Å². The van der Waals surface area contributed by atoms with Crippen LogP contribution in [0.3, 0.4) is 0 Å². The van der Waals surface area contributed by atoms with E-state index in [0.717, 1.165) is 0 Å². The van der Waals surface area contributed by atoms with Gasteiger partial charge in [-0.15, -0.1) is 0 Å². The number of aromatic hydroxyl groups is 2. The largest absolute Gasteiger partial charge is 0.507 e. The van der Waals surface area contributed by atoms with E-state index in [4.69, 9.17) is 11.6 Å². The highest BCUT2D eigenvalue weighted by Gasteiger charge is 2.10. The molecule has 0 aliphatic rings. The van der Waals surface area contributed by atoms with Crippen molar-refractivity contribution in [1.29, 1.82) is 0 Å². The van der Waals surface area contributed by atoms with Gasteiger partial charge in [0.25, 0.3) is 5.91 Å². The standard InChI is InChI=1S/C15H13ClN2O3/c1-9(12-8-10(16)6-7-14(12)20)17-18-15(21)11-4-2-3-5-13(11)19/h2-8,19-20H,1H3,(H,18,21)/b17-9+. The van der Waals surface area contributed by atoms with Gasteiger partial charge < -0.3 is 10.2 Å². The number of benzene rings is 2. The molecule has 0 spiro atoms. The SMILES string of the molecule is C/C(=N\NC(=O)c1ccccc1O)c1cc(Cl)ccc1O. The van der Waals surface area contributed by atoms with Crippen LogP contribution in [-0.4, -0.2) is 21.8 Å². The predicted octanol–water partition coefficient (Wildman–Crippen LogP) is 2.91. The van der Waals surface area contributed by atoms with Gasteiger partial charge in [-0.2, -0.15) is 5.10 Å². The zero-order chi connectivity index (χ0) is 15.4. The molecule has 0 saturated carbocycles. The molecule has 108 valence electrons. The maximum absolute atomic E-state index is 11.9. The molecule has 0 aromatic heterocycles. The van der Waals surface area contributed by atoms with Crippen molar-refractivity contribution in [3.8, 4) is 11.5 Å². The van der Waals surface area contributed by atoms with Crippen molar-refractivity contribution in [3.63, 3.8) is 0 Å². The van der Waals surface area contributed by atoms with Gasteiger partial charge in [-0.25, -0.2) is 5.43 Å². The molecule has 0 heterocycles. The summed E-state index contributed by atoms with van der Waals surface area (Å²) in [6, 6.07) is 10.7. The number of phenolic OH excluding ortho intramolecular Hbond substituents is 2. The molecule has 5 nitrogen and oxygen atoms in total. The molecule has 0 aliphatic heterocycles. The van der Waals surface area contributed by atoms with Gasteiger partial charge in [0.2, 0.25) is 0 Å². The fourth-order valence-corrected chi connectivity index (χ4v) is 1.89. The summed E-state index contributed by atoms with van der Waals surface area (Å²) >= 11 is 5.85. The summed E-state index contributed by atoms with van der Waals surface area (Å²) < 4.78 is 0.